The minimum absolute atomic E-state index is 0.0801. The molecule has 160 valence electrons. The van der Waals surface area contributed by atoms with Crippen molar-refractivity contribution in [3.8, 4) is 5.75 Å². The van der Waals surface area contributed by atoms with Gasteiger partial charge in [-0.25, -0.2) is 9.48 Å². The third-order valence-electron chi connectivity index (χ3n) is 4.36. The smallest absolute Gasteiger partial charge is 0.359 e. The number of methoxy groups -OCH3 is 1. The van der Waals surface area contributed by atoms with Crippen molar-refractivity contribution in [2.24, 2.45) is 0 Å². The van der Waals surface area contributed by atoms with Gasteiger partial charge in [-0.15, -0.1) is 0 Å². The molecule has 2 aromatic carbocycles. The summed E-state index contributed by atoms with van der Waals surface area (Å²) in [6, 6.07) is 10.1. The van der Waals surface area contributed by atoms with E-state index in [1.54, 1.807) is 31.2 Å². The van der Waals surface area contributed by atoms with Gasteiger partial charge in [0.25, 0.3) is 17.2 Å². The number of hydrogen-bond acceptors (Lipinski definition) is 8. The number of aryl methyl sites for hydroxylation is 1. The lowest BCUT2D eigenvalue weighted by Crippen LogP contribution is -2.27. The van der Waals surface area contributed by atoms with Crippen molar-refractivity contribution in [1.82, 2.24) is 9.78 Å². The van der Waals surface area contributed by atoms with Crippen LogP contribution in [-0.2, 0) is 16.1 Å². The molecule has 0 aliphatic carbocycles. The molecule has 0 unspecified atom stereocenters. The van der Waals surface area contributed by atoms with Crippen LogP contribution in [0.1, 0.15) is 17.4 Å². The molecule has 0 spiro atoms. The first kappa shape index (κ1) is 21.4. The van der Waals surface area contributed by atoms with E-state index in [2.05, 4.69) is 10.4 Å². The second-order valence-electron chi connectivity index (χ2n) is 6.28. The number of esters is 1. The zero-order chi connectivity index (χ0) is 22.5. The lowest BCUT2D eigenvalue weighted by molar-refractivity contribution is -0.384. The Balaban J connectivity index is 1.76. The number of ether oxygens (including phenoxy) is 2. The van der Waals surface area contributed by atoms with Gasteiger partial charge in [0.15, 0.2) is 12.3 Å². The minimum atomic E-state index is -0.871. The molecule has 0 aliphatic rings. The highest BCUT2D eigenvalue weighted by Gasteiger charge is 2.19. The van der Waals surface area contributed by atoms with E-state index in [4.69, 9.17) is 9.47 Å². The summed E-state index contributed by atoms with van der Waals surface area (Å²) in [6.45, 7) is 1.33. The standard InChI is InChI=1S/C20H18N4O7/c1-3-23-19(26)14-7-5-4-6-13(14)18(22-23)20(27)31-11-17(25)21-15-9-8-12(24(28)29)10-16(15)30-2/h4-10H,3,11H2,1-2H3,(H,21,25). The lowest BCUT2D eigenvalue weighted by atomic mass is 10.1. The number of carbonyl (C=O) groups is 2. The second-order valence-corrected chi connectivity index (χ2v) is 6.28. The Kier molecular flexibility index (Phi) is 6.24. The normalized spacial score (nSPS) is 10.5. The van der Waals surface area contributed by atoms with Gasteiger partial charge in [0.1, 0.15) is 5.75 Å². The molecule has 0 saturated carbocycles. The molecular formula is C20H18N4O7. The number of rotatable bonds is 7. The van der Waals surface area contributed by atoms with Crippen LogP contribution in [-0.4, -0.2) is 40.3 Å². The molecule has 31 heavy (non-hydrogen) atoms. The molecule has 0 saturated heterocycles. The third kappa shape index (κ3) is 4.50. The number of fused-ring (bicyclic) bond motifs is 1. The highest BCUT2D eigenvalue weighted by atomic mass is 16.6. The van der Waals surface area contributed by atoms with E-state index in [1.807, 2.05) is 0 Å². The van der Waals surface area contributed by atoms with Gasteiger partial charge in [0.05, 0.1) is 29.2 Å². The average molecular weight is 426 g/mol. The van der Waals surface area contributed by atoms with Crippen LogP contribution in [0.25, 0.3) is 10.8 Å². The molecule has 1 N–H and O–H groups in total. The summed E-state index contributed by atoms with van der Waals surface area (Å²) in [5.41, 5.74) is -0.446. The van der Waals surface area contributed by atoms with E-state index in [0.717, 1.165) is 10.7 Å². The van der Waals surface area contributed by atoms with Gasteiger partial charge in [-0.1, -0.05) is 18.2 Å². The van der Waals surface area contributed by atoms with Crippen LogP contribution >= 0.6 is 0 Å². The summed E-state index contributed by atoms with van der Waals surface area (Å²) < 4.78 is 11.3. The monoisotopic (exact) mass is 426 g/mol. The van der Waals surface area contributed by atoms with Gasteiger partial charge < -0.3 is 14.8 Å². The Labute approximate surface area is 175 Å². The molecule has 3 aromatic rings. The van der Waals surface area contributed by atoms with Crippen LogP contribution in [0, 0.1) is 10.1 Å². The summed E-state index contributed by atoms with van der Waals surface area (Å²) in [4.78, 5) is 47.4. The van der Waals surface area contributed by atoms with Crippen LogP contribution in [0.3, 0.4) is 0 Å². The number of carbonyl (C=O) groups excluding carboxylic acids is 2. The van der Waals surface area contributed by atoms with Gasteiger partial charge in [-0.3, -0.25) is 19.7 Å². The number of hydrogen-bond donors (Lipinski definition) is 1. The van der Waals surface area contributed by atoms with Crippen molar-refractivity contribution in [2.75, 3.05) is 19.0 Å². The Morgan fingerprint density at radius 3 is 2.55 bits per heavy atom. The van der Waals surface area contributed by atoms with Crippen molar-refractivity contribution in [3.05, 3.63) is 68.6 Å². The Morgan fingerprint density at radius 2 is 1.90 bits per heavy atom. The van der Waals surface area contributed by atoms with Crippen molar-refractivity contribution < 1.29 is 24.0 Å². The molecule has 3 rings (SSSR count). The van der Waals surface area contributed by atoms with E-state index in [1.165, 1.54) is 19.2 Å². The first-order valence-corrected chi connectivity index (χ1v) is 9.15. The number of non-ortho nitro benzene ring substituents is 1. The second kappa shape index (κ2) is 9.03. The Morgan fingerprint density at radius 1 is 1.19 bits per heavy atom. The van der Waals surface area contributed by atoms with E-state index in [-0.39, 0.29) is 34.9 Å². The minimum Gasteiger partial charge on any atom is -0.494 e. The summed E-state index contributed by atoms with van der Waals surface area (Å²) in [6.07, 6.45) is 0. The summed E-state index contributed by atoms with van der Waals surface area (Å²) in [5.74, 6) is -1.48. The van der Waals surface area contributed by atoms with Crippen molar-refractivity contribution in [1.29, 1.82) is 0 Å². The fourth-order valence-electron chi connectivity index (χ4n) is 2.88. The molecule has 11 nitrogen and oxygen atoms in total. The third-order valence-corrected chi connectivity index (χ3v) is 4.36. The summed E-state index contributed by atoms with van der Waals surface area (Å²) in [7, 11) is 1.30. The van der Waals surface area contributed by atoms with Gasteiger partial charge in [-0.05, 0) is 19.1 Å². The molecular weight excluding hydrogens is 408 g/mol. The molecule has 0 radical (unpaired) electrons. The molecule has 0 atom stereocenters. The number of amides is 1. The van der Waals surface area contributed by atoms with Crippen LogP contribution in [0.15, 0.2) is 47.3 Å². The average Bonchev–Trinajstić information content (AvgIpc) is 2.78. The van der Waals surface area contributed by atoms with Crippen LogP contribution in [0.4, 0.5) is 11.4 Å². The first-order chi connectivity index (χ1) is 14.8. The summed E-state index contributed by atoms with van der Waals surface area (Å²) >= 11 is 0. The van der Waals surface area contributed by atoms with Crippen molar-refractivity contribution in [2.45, 2.75) is 13.5 Å². The van der Waals surface area contributed by atoms with Gasteiger partial charge in [0.2, 0.25) is 0 Å². The largest absolute Gasteiger partial charge is 0.494 e. The fraction of sp³-hybridized carbons (Fsp3) is 0.200. The number of aromatic nitrogens is 2. The maximum atomic E-state index is 12.6. The fourth-order valence-corrected chi connectivity index (χ4v) is 2.88. The molecule has 1 amide bonds. The first-order valence-electron chi connectivity index (χ1n) is 9.15. The quantitative estimate of drug-likeness (QED) is 0.344. The SMILES string of the molecule is CCn1nc(C(=O)OCC(=O)Nc2ccc([N+](=O)[O-])cc2OC)c2ccccc2c1=O. The van der Waals surface area contributed by atoms with E-state index in [9.17, 15) is 24.5 Å². The van der Waals surface area contributed by atoms with Gasteiger partial charge >= 0.3 is 5.97 Å². The molecule has 11 heteroatoms. The van der Waals surface area contributed by atoms with Gasteiger partial charge in [-0.2, -0.15) is 5.10 Å². The molecule has 1 aromatic heterocycles. The zero-order valence-corrected chi connectivity index (χ0v) is 16.7. The van der Waals surface area contributed by atoms with E-state index < -0.39 is 23.4 Å². The van der Waals surface area contributed by atoms with Crippen LogP contribution in [0.2, 0.25) is 0 Å². The molecule has 0 fully saturated rings. The predicted molar refractivity (Wildman–Crippen MR) is 110 cm³/mol. The molecule has 0 bridgehead atoms. The predicted octanol–water partition coefficient (Wildman–Crippen LogP) is 2.13. The van der Waals surface area contributed by atoms with Crippen molar-refractivity contribution in [3.63, 3.8) is 0 Å². The highest BCUT2D eigenvalue weighted by molar-refractivity contribution is 6.03. The van der Waals surface area contributed by atoms with Crippen LogP contribution in [0.5, 0.6) is 5.75 Å². The maximum Gasteiger partial charge on any atom is 0.359 e. The van der Waals surface area contributed by atoms with E-state index in [0.29, 0.717) is 10.8 Å². The van der Waals surface area contributed by atoms with E-state index >= 15 is 0 Å². The Bertz CT molecular complexity index is 1240. The lowest BCUT2D eigenvalue weighted by Gasteiger charge is -2.11. The van der Waals surface area contributed by atoms with Crippen molar-refractivity contribution >= 4 is 34.0 Å². The topological polar surface area (TPSA) is 143 Å². The number of nitro benzene ring substituents is 1. The highest BCUT2D eigenvalue weighted by Crippen LogP contribution is 2.28. The van der Waals surface area contributed by atoms with Gasteiger partial charge in [0, 0.05) is 18.0 Å². The molecule has 0 aliphatic heterocycles. The Hall–Kier alpha value is -4.28. The number of benzene rings is 2. The number of anilines is 1. The zero-order valence-electron chi connectivity index (χ0n) is 16.7. The summed E-state index contributed by atoms with van der Waals surface area (Å²) in [5, 5.41) is 18.0. The van der Waals surface area contributed by atoms with Crippen LogP contribution < -0.4 is 15.6 Å². The number of nitrogens with zero attached hydrogens (tertiary/aromatic N) is 3. The molecule has 1 heterocycles. The maximum absolute atomic E-state index is 12.6. The number of nitrogens with one attached hydrogen (secondary N) is 1. The number of nitro groups is 1.